The maximum Gasteiger partial charge on any atom is 0.386 e. The van der Waals surface area contributed by atoms with E-state index >= 15 is 0 Å². The van der Waals surface area contributed by atoms with Crippen molar-refractivity contribution in [2.24, 2.45) is 5.92 Å². The van der Waals surface area contributed by atoms with Crippen LogP contribution in [-0.4, -0.2) is 92.8 Å². The highest BCUT2D eigenvalue weighted by molar-refractivity contribution is 8.44. The van der Waals surface area contributed by atoms with Crippen LogP contribution in [0.3, 0.4) is 0 Å². The number of nitrogens with zero attached hydrogens (tertiary/aromatic N) is 7. The molecule has 246 valence electrons. The second-order valence-electron chi connectivity index (χ2n) is 11.0. The summed E-state index contributed by atoms with van der Waals surface area (Å²) in [6.45, 7) is -9.22. The number of aromatic nitrogens is 8. The zero-order chi connectivity index (χ0) is 32.3. The van der Waals surface area contributed by atoms with Crippen molar-refractivity contribution < 1.29 is 42.1 Å². The lowest BCUT2D eigenvalue weighted by Gasteiger charge is -2.28. The van der Waals surface area contributed by atoms with Crippen LogP contribution in [0.1, 0.15) is 12.6 Å². The highest BCUT2D eigenvalue weighted by atomic mass is 35.5. The van der Waals surface area contributed by atoms with E-state index in [4.69, 9.17) is 62.4 Å². The minimum atomic E-state index is -4.30. The van der Waals surface area contributed by atoms with Crippen LogP contribution in [-0.2, 0) is 49.7 Å². The monoisotopic (exact) mass is 736 g/mol. The van der Waals surface area contributed by atoms with Crippen LogP contribution in [0, 0.1) is 5.92 Å². The Bertz CT molecular complexity index is 2070. The largest absolute Gasteiger partial charge is 0.387 e. The van der Waals surface area contributed by atoms with Gasteiger partial charge in [0.15, 0.2) is 34.6 Å². The Hall–Kier alpha value is -2.30. The third-order valence-corrected chi connectivity index (χ3v) is 11.5. The van der Waals surface area contributed by atoms with Gasteiger partial charge >= 0.3 is 13.5 Å². The van der Waals surface area contributed by atoms with Crippen LogP contribution < -0.4 is 17.0 Å². The van der Waals surface area contributed by atoms with E-state index in [9.17, 15) is 19.4 Å². The number of ether oxygens (including phenoxy) is 2. The van der Waals surface area contributed by atoms with E-state index in [2.05, 4.69) is 42.2 Å². The number of aliphatic hydroxyl groups is 1. The Morgan fingerprint density at radius 2 is 1.85 bits per heavy atom. The number of fused-ring (bicyclic) bond motifs is 7. The third kappa shape index (κ3) is 4.99. The van der Waals surface area contributed by atoms with E-state index in [1.54, 1.807) is 4.57 Å². The van der Waals surface area contributed by atoms with Gasteiger partial charge in [-0.15, -0.1) is 0 Å². The van der Waals surface area contributed by atoms with Crippen molar-refractivity contribution in [3.05, 3.63) is 28.3 Å². The first-order chi connectivity index (χ1) is 21.8. The van der Waals surface area contributed by atoms with Crippen molar-refractivity contribution in [2.45, 2.75) is 48.9 Å². The molecule has 10 atom stereocenters. The molecule has 4 fully saturated rings. The van der Waals surface area contributed by atoms with E-state index in [1.807, 2.05) is 0 Å². The van der Waals surface area contributed by atoms with Crippen LogP contribution in [0.2, 0.25) is 5.28 Å². The number of anilines is 2. The van der Waals surface area contributed by atoms with Crippen molar-refractivity contribution in [3.8, 4) is 0 Å². The average Bonchev–Trinajstić information content (AvgIpc) is 3.31. The number of hydrogen-bond donors (Lipinski definition) is 6. The fraction of sp³-hybridized carbons (Fsp3) is 0.524. The minimum absolute atomic E-state index is 0.00711. The van der Waals surface area contributed by atoms with Gasteiger partial charge in [-0.3, -0.25) is 28.0 Å². The highest BCUT2D eigenvalue weighted by Gasteiger charge is 2.71. The molecular formula is C21H23ClN10O10P2S2. The minimum Gasteiger partial charge on any atom is -0.387 e. The molecule has 0 spiro atoms. The summed E-state index contributed by atoms with van der Waals surface area (Å²) in [5.74, 6) is -0.553. The maximum atomic E-state index is 13.6. The molecule has 4 aromatic heterocycles. The number of hydrogen-bond acceptors (Lipinski definition) is 17. The Morgan fingerprint density at radius 1 is 1.09 bits per heavy atom. The number of aliphatic hydroxyl groups excluding tert-OH is 1. The first-order valence-corrected chi connectivity index (χ1v) is 19.1. The van der Waals surface area contributed by atoms with Gasteiger partial charge in [0.25, 0.3) is 5.56 Å². The fourth-order valence-corrected chi connectivity index (χ4v) is 9.25. The summed E-state index contributed by atoms with van der Waals surface area (Å²) in [4.78, 5) is 46.5. The third-order valence-electron chi connectivity index (χ3n) is 8.20. The molecule has 7 unspecified atom stereocenters. The second kappa shape index (κ2) is 10.6. The van der Waals surface area contributed by atoms with Crippen LogP contribution in [0.15, 0.2) is 17.4 Å². The van der Waals surface area contributed by atoms with Crippen molar-refractivity contribution in [3.63, 3.8) is 0 Å². The van der Waals surface area contributed by atoms with E-state index in [0.717, 1.165) is 0 Å². The molecule has 7 heterocycles. The van der Waals surface area contributed by atoms with Gasteiger partial charge in [0.1, 0.15) is 36.0 Å². The van der Waals surface area contributed by atoms with Crippen molar-refractivity contribution in [1.29, 1.82) is 0 Å². The number of aromatic amines is 1. The molecule has 0 aromatic carbocycles. The van der Waals surface area contributed by atoms with Crippen LogP contribution in [0.25, 0.3) is 22.3 Å². The first kappa shape index (κ1) is 31.0. The Balaban J connectivity index is 1.12. The standard InChI is InChI=1S/C21H23ClN10O10P2S2/c22-19-27-14(23)9-16(28-19)32(5-26-9)21-1-6(21)12-8(40-21)3-38-44(36,46)42-13-11(33)7(2-37-43(35,45)41-12)39-18(13)31-4-25-10-15(31)29-20(24)30-17(10)34/h4-8,11-13,18,33H,1-3H2,(H,35,45)(H,36,46)(H2,23,27,28)(H3,24,29,30,34)/t6?,7-,8-,11?,12?,13?,18-,21?,43?,44?/m1/s1. The van der Waals surface area contributed by atoms with Gasteiger partial charge in [-0.05, 0) is 23.4 Å². The SMILES string of the molecule is Nc1nc2c(ncn2[C@@H]2O[C@@H]3COP(O)(=S)OC4C5CC5(n5cnc6c(N)nc(Cl)nc65)O[C@@H]4COP(=O)(S)OC2C3O)c(=O)[nH]1. The number of nitrogens with one attached hydrogen (secondary N) is 1. The van der Waals surface area contributed by atoms with Gasteiger partial charge in [0.05, 0.1) is 25.9 Å². The Kier molecular flexibility index (Phi) is 7.14. The van der Waals surface area contributed by atoms with Gasteiger partial charge in [-0.25, -0.2) is 14.5 Å². The summed E-state index contributed by atoms with van der Waals surface area (Å²) in [5.41, 5.74) is 10.5. The molecular weight excluding hydrogens is 714 g/mol. The van der Waals surface area contributed by atoms with Crippen LogP contribution in [0.4, 0.5) is 11.8 Å². The number of thiol groups is 1. The van der Waals surface area contributed by atoms with Gasteiger partial charge in [-0.2, -0.15) is 15.0 Å². The topological polar surface area (TPSA) is 272 Å². The van der Waals surface area contributed by atoms with Gasteiger partial charge < -0.3 is 40.0 Å². The van der Waals surface area contributed by atoms with E-state index in [1.165, 1.54) is 17.2 Å². The lowest BCUT2D eigenvalue weighted by molar-refractivity contribution is -0.0852. The summed E-state index contributed by atoms with van der Waals surface area (Å²) in [6.07, 6.45) is -4.26. The zero-order valence-electron chi connectivity index (χ0n) is 22.9. The predicted octanol–water partition coefficient (Wildman–Crippen LogP) is 0.179. The van der Waals surface area contributed by atoms with E-state index in [-0.39, 0.29) is 28.2 Å². The van der Waals surface area contributed by atoms with Crippen molar-refractivity contribution >= 4 is 83.3 Å². The lowest BCUT2D eigenvalue weighted by atomic mass is 10.1. The fourth-order valence-electron chi connectivity index (χ4n) is 6.15. The molecule has 46 heavy (non-hydrogen) atoms. The van der Waals surface area contributed by atoms with Gasteiger partial charge in [0, 0.05) is 12.3 Å². The van der Waals surface area contributed by atoms with Gasteiger partial charge in [0.2, 0.25) is 11.2 Å². The molecule has 2 bridgehead atoms. The molecule has 0 amide bonds. The number of rotatable bonds is 2. The second-order valence-corrected chi connectivity index (χ2v) is 17.0. The quantitative estimate of drug-likeness (QED) is 0.0910. The normalized spacial score (nSPS) is 39.4. The summed E-state index contributed by atoms with van der Waals surface area (Å²) < 4.78 is 51.9. The summed E-state index contributed by atoms with van der Waals surface area (Å²) in [7, 11) is 0. The summed E-state index contributed by atoms with van der Waals surface area (Å²) >= 11 is 15.5. The van der Waals surface area contributed by atoms with E-state index in [0.29, 0.717) is 17.6 Å². The first-order valence-electron chi connectivity index (χ1n) is 13.5. The molecule has 4 aliphatic rings. The number of halogens is 1. The molecule has 3 saturated heterocycles. The molecule has 20 nitrogen and oxygen atoms in total. The molecule has 1 aliphatic carbocycles. The average molecular weight is 737 g/mol. The predicted molar refractivity (Wildman–Crippen MR) is 163 cm³/mol. The van der Waals surface area contributed by atoms with Gasteiger partial charge in [-0.1, -0.05) is 12.2 Å². The van der Waals surface area contributed by atoms with Crippen molar-refractivity contribution in [1.82, 2.24) is 39.0 Å². The zero-order valence-corrected chi connectivity index (χ0v) is 27.1. The van der Waals surface area contributed by atoms with Crippen LogP contribution in [0.5, 0.6) is 0 Å². The summed E-state index contributed by atoms with van der Waals surface area (Å²) in [5, 5.41) is 11.1. The lowest BCUT2D eigenvalue weighted by Crippen LogP contribution is -2.35. The highest BCUT2D eigenvalue weighted by Crippen LogP contribution is 2.66. The maximum absolute atomic E-state index is 13.6. The Labute approximate surface area is 271 Å². The number of imidazole rings is 2. The van der Waals surface area contributed by atoms with Crippen LogP contribution >= 0.6 is 37.4 Å². The molecule has 8 rings (SSSR count). The smallest absolute Gasteiger partial charge is 0.386 e. The molecule has 0 radical (unpaired) electrons. The number of H-pyrrole nitrogens is 1. The molecule has 1 saturated carbocycles. The number of nitrogen functional groups attached to an aromatic ring is 2. The molecule has 4 aromatic rings. The van der Waals surface area contributed by atoms with Crippen molar-refractivity contribution in [2.75, 3.05) is 24.7 Å². The van der Waals surface area contributed by atoms with E-state index < -0.39 is 80.7 Å². The number of nitrogens with two attached hydrogens (primary N) is 2. The summed E-state index contributed by atoms with van der Waals surface area (Å²) in [6, 6.07) is 0. The molecule has 25 heteroatoms. The molecule has 3 aliphatic heterocycles. The molecule has 7 N–H and O–H groups in total. The Morgan fingerprint density at radius 3 is 2.65 bits per heavy atom.